The van der Waals surface area contributed by atoms with Crippen LogP contribution in [0.25, 0.3) is 0 Å². The molecule has 46 heavy (non-hydrogen) atoms. The van der Waals surface area contributed by atoms with Crippen LogP contribution in [0.4, 0.5) is 70.2 Å². The molecule has 0 saturated carbocycles. The second kappa shape index (κ2) is 12.5. The van der Waals surface area contributed by atoms with Crippen molar-refractivity contribution in [2.75, 3.05) is 0 Å². The second-order valence-electron chi connectivity index (χ2n) is 11.0. The average Bonchev–Trinajstić information content (AvgIpc) is 2.91. The lowest BCUT2D eigenvalue weighted by Crippen LogP contribution is -2.80. The van der Waals surface area contributed by atoms with Gasteiger partial charge in [0.15, 0.2) is 46.5 Å². The van der Waals surface area contributed by atoms with Crippen LogP contribution < -0.4 is 27.6 Å². The van der Waals surface area contributed by atoms with E-state index in [1.807, 2.05) is 0 Å². The Bertz CT molecular complexity index is 1600. The van der Waals surface area contributed by atoms with Gasteiger partial charge in [0.1, 0.15) is 29.4 Å². The van der Waals surface area contributed by atoms with Gasteiger partial charge in [0.25, 0.3) is 0 Å². The standard InChI is InChI=1S/C24H4BF16.C4H11N/c26-5-1-9(30)17(34)21(38)13(5)25(14-6(27)2-10(31)18(35)22(14)39,15-7(28)3-11(32)19(36)23(15)40)16-8(29)4-12(33)20(37)24(16)41;1-4(2,3)5/h1-4H;5H2,1-3H3/q-1;/p+1. The topological polar surface area (TPSA) is 27.6 Å². The summed E-state index contributed by atoms with van der Waals surface area (Å²) in [4.78, 5) is 0. The number of hydrogen-bond donors (Lipinski definition) is 1. The molecule has 0 radical (unpaired) electrons. The summed E-state index contributed by atoms with van der Waals surface area (Å²) in [5.74, 6) is -45.1. The van der Waals surface area contributed by atoms with Gasteiger partial charge in [-0.25, -0.2) is 70.2 Å². The van der Waals surface area contributed by atoms with Crippen LogP contribution in [0.3, 0.4) is 0 Å². The molecular formula is C28H16BF16N. The highest BCUT2D eigenvalue weighted by atomic mass is 19.2. The van der Waals surface area contributed by atoms with E-state index in [2.05, 4.69) is 26.5 Å². The van der Waals surface area contributed by atoms with Crippen LogP contribution in [0.1, 0.15) is 20.8 Å². The largest absolute Gasteiger partial charge is 0.353 e. The minimum Gasteiger partial charge on any atom is -0.353 e. The van der Waals surface area contributed by atoms with E-state index in [-0.39, 0.29) is 5.54 Å². The Labute approximate surface area is 248 Å². The van der Waals surface area contributed by atoms with Gasteiger partial charge in [0.2, 0.25) is 0 Å². The molecule has 0 aliphatic carbocycles. The van der Waals surface area contributed by atoms with Gasteiger partial charge in [-0.15, -0.1) is 21.9 Å². The molecule has 3 N–H and O–H groups in total. The number of rotatable bonds is 4. The van der Waals surface area contributed by atoms with E-state index < -0.39 is 145 Å². The molecule has 0 fully saturated rings. The fourth-order valence-corrected chi connectivity index (χ4v) is 4.77. The van der Waals surface area contributed by atoms with Gasteiger partial charge in [-0.1, -0.05) is 0 Å². The van der Waals surface area contributed by atoms with Crippen molar-refractivity contribution in [3.8, 4) is 0 Å². The highest BCUT2D eigenvalue weighted by Crippen LogP contribution is 2.27. The third-order valence-electron chi connectivity index (χ3n) is 6.33. The molecule has 1 nitrogen and oxygen atoms in total. The van der Waals surface area contributed by atoms with E-state index in [1.165, 1.54) is 0 Å². The molecule has 0 spiro atoms. The van der Waals surface area contributed by atoms with Gasteiger partial charge in [0, 0.05) is 24.3 Å². The van der Waals surface area contributed by atoms with Crippen molar-refractivity contribution in [1.29, 1.82) is 0 Å². The molecule has 18 heteroatoms. The summed E-state index contributed by atoms with van der Waals surface area (Å²) in [6.07, 6.45) is -6.18. The van der Waals surface area contributed by atoms with Crippen molar-refractivity contribution in [2.45, 2.75) is 26.3 Å². The Morgan fingerprint density at radius 1 is 0.348 bits per heavy atom. The zero-order valence-corrected chi connectivity index (χ0v) is 23.1. The fourth-order valence-electron chi connectivity index (χ4n) is 4.77. The van der Waals surface area contributed by atoms with Gasteiger partial charge >= 0.3 is 0 Å². The number of quaternary nitrogens is 1. The molecule has 4 aromatic carbocycles. The van der Waals surface area contributed by atoms with E-state index in [4.69, 9.17) is 0 Å². The number of halogens is 16. The predicted octanol–water partition coefficient (Wildman–Crippen LogP) is 5.32. The normalized spacial score (nSPS) is 11.9. The minimum absolute atomic E-state index is 0.250. The second-order valence-corrected chi connectivity index (χ2v) is 11.0. The Morgan fingerprint density at radius 2 is 0.500 bits per heavy atom. The maximum Gasteiger partial charge on any atom is 0.191 e. The van der Waals surface area contributed by atoms with Crippen LogP contribution in [0.5, 0.6) is 0 Å². The first-order valence-corrected chi connectivity index (χ1v) is 12.3. The summed E-state index contributed by atoms with van der Waals surface area (Å²) in [6.45, 7) is 6.23. The smallest absolute Gasteiger partial charge is 0.191 e. The minimum atomic E-state index is -6.18. The lowest BCUT2D eigenvalue weighted by Gasteiger charge is -2.44. The Morgan fingerprint density at radius 3 is 0.652 bits per heavy atom. The first-order chi connectivity index (χ1) is 21.0. The van der Waals surface area contributed by atoms with Crippen LogP contribution in [0.15, 0.2) is 24.3 Å². The first-order valence-electron chi connectivity index (χ1n) is 12.3. The fraction of sp³-hybridized carbons (Fsp3) is 0.143. The lowest BCUT2D eigenvalue weighted by molar-refractivity contribution is -0.458. The van der Waals surface area contributed by atoms with Crippen molar-refractivity contribution in [3.05, 3.63) is 117 Å². The molecule has 0 unspecified atom stereocenters. The van der Waals surface area contributed by atoms with Crippen LogP contribution >= 0.6 is 0 Å². The van der Waals surface area contributed by atoms with Crippen LogP contribution in [0.2, 0.25) is 0 Å². The van der Waals surface area contributed by atoms with E-state index in [0.717, 1.165) is 0 Å². The first kappa shape index (κ1) is 36.3. The van der Waals surface area contributed by atoms with Crippen molar-refractivity contribution < 1.29 is 76.0 Å². The maximum absolute atomic E-state index is 15.3. The molecule has 0 bridgehead atoms. The summed E-state index contributed by atoms with van der Waals surface area (Å²) in [5, 5.41) is 0. The SMILES string of the molecule is CC(C)(C)[NH3+].Fc1cc(F)c([B-](c2c(F)cc(F)c(F)c2F)(c2c(F)cc(F)c(F)c2F)c2c(F)cc(F)c(F)c2F)c(F)c1F. The highest BCUT2D eigenvalue weighted by molar-refractivity contribution is 7.20. The summed E-state index contributed by atoms with van der Waals surface area (Å²) in [7, 11) is 0. The molecule has 4 rings (SSSR count). The zero-order chi connectivity index (χ0) is 35.4. The molecule has 0 atom stereocenters. The molecule has 0 aliphatic rings. The summed E-state index contributed by atoms with van der Waals surface area (Å²) >= 11 is 0. The lowest BCUT2D eigenvalue weighted by atomic mass is 9.12. The van der Waals surface area contributed by atoms with Gasteiger partial charge in [-0.3, -0.25) is 0 Å². The van der Waals surface area contributed by atoms with E-state index in [0.29, 0.717) is 0 Å². The van der Waals surface area contributed by atoms with Gasteiger partial charge in [-0.2, -0.15) is 0 Å². The molecule has 4 aromatic rings. The molecule has 0 aromatic heterocycles. The summed E-state index contributed by atoms with van der Waals surface area (Å²) in [5.41, 5.74) is -6.92. The highest BCUT2D eigenvalue weighted by Gasteiger charge is 2.49. The zero-order valence-electron chi connectivity index (χ0n) is 23.1. The predicted molar refractivity (Wildman–Crippen MR) is 132 cm³/mol. The molecule has 248 valence electrons. The third kappa shape index (κ3) is 6.01. The van der Waals surface area contributed by atoms with Gasteiger partial charge in [-0.05, 0) is 20.8 Å². The van der Waals surface area contributed by atoms with E-state index >= 15 is 35.1 Å². The quantitative estimate of drug-likeness (QED) is 0.131. The van der Waals surface area contributed by atoms with Crippen LogP contribution in [0, 0.1) is 93.1 Å². The maximum atomic E-state index is 15.3. The Kier molecular flexibility index (Phi) is 9.87. The Hall–Kier alpha value is -4.22. The summed E-state index contributed by atoms with van der Waals surface area (Å²) < 4.78 is 235. The summed E-state index contributed by atoms with van der Waals surface area (Å²) in [6, 6.07) is -2.92. The van der Waals surface area contributed by atoms with Crippen LogP contribution in [-0.2, 0) is 0 Å². The monoisotopic (exact) mass is 681 g/mol. The van der Waals surface area contributed by atoms with Crippen molar-refractivity contribution in [1.82, 2.24) is 0 Å². The third-order valence-corrected chi connectivity index (χ3v) is 6.33. The van der Waals surface area contributed by atoms with Gasteiger partial charge < -0.3 is 5.73 Å². The number of hydrogen-bond acceptors (Lipinski definition) is 0. The van der Waals surface area contributed by atoms with E-state index in [1.54, 1.807) is 0 Å². The molecule has 0 heterocycles. The van der Waals surface area contributed by atoms with Crippen LogP contribution in [-0.4, -0.2) is 11.7 Å². The Balaban J connectivity index is 0.00000107. The van der Waals surface area contributed by atoms with Crippen molar-refractivity contribution in [3.63, 3.8) is 0 Å². The van der Waals surface area contributed by atoms with Gasteiger partial charge in [0.05, 0.1) is 28.8 Å². The van der Waals surface area contributed by atoms with Crippen molar-refractivity contribution in [2.24, 2.45) is 0 Å². The molecular weight excluding hydrogens is 665 g/mol. The van der Waals surface area contributed by atoms with Crippen molar-refractivity contribution >= 4 is 28.0 Å². The molecule has 0 saturated heterocycles. The molecule has 0 amide bonds. The number of benzene rings is 4. The molecule has 0 aliphatic heterocycles. The average molecular weight is 681 g/mol. The van der Waals surface area contributed by atoms with E-state index in [9.17, 15) is 35.1 Å².